The van der Waals surface area contributed by atoms with Crippen molar-refractivity contribution in [1.82, 2.24) is 0 Å². The number of rotatable bonds is 13. The highest BCUT2D eigenvalue weighted by Gasteiger charge is 2.21. The normalized spacial score (nSPS) is 13.6. The fraction of sp³-hybridized carbons (Fsp3) is 0.667. The Balaban J connectivity index is 2.56. The molecule has 0 aromatic heterocycles. The first kappa shape index (κ1) is 20.7. The number of aryl methyl sites for hydroxylation is 1. The van der Waals surface area contributed by atoms with E-state index in [4.69, 9.17) is 11.5 Å². The van der Waals surface area contributed by atoms with Gasteiger partial charge in [-0.15, -0.1) is 0 Å². The number of unbranched alkanes of at least 4 members (excludes halogenated alkanes) is 5. The van der Waals surface area contributed by atoms with Crippen LogP contribution in [-0.4, -0.2) is 5.91 Å². The molecule has 2 atom stereocenters. The van der Waals surface area contributed by atoms with Crippen LogP contribution in [0.2, 0.25) is 0 Å². The first-order chi connectivity index (χ1) is 11.6. The summed E-state index contributed by atoms with van der Waals surface area (Å²) in [6, 6.07) is 8.53. The van der Waals surface area contributed by atoms with Crippen molar-refractivity contribution < 1.29 is 4.79 Å². The van der Waals surface area contributed by atoms with E-state index in [1.807, 2.05) is 0 Å². The zero-order valence-corrected chi connectivity index (χ0v) is 15.6. The van der Waals surface area contributed by atoms with E-state index in [-0.39, 0.29) is 17.9 Å². The fourth-order valence-corrected chi connectivity index (χ4v) is 3.24. The smallest absolute Gasteiger partial charge is 0.217 e. The molecule has 0 fully saturated rings. The molecule has 0 aliphatic carbocycles. The van der Waals surface area contributed by atoms with Gasteiger partial charge in [-0.25, -0.2) is 0 Å². The summed E-state index contributed by atoms with van der Waals surface area (Å²) in [6.45, 7) is 4.40. The summed E-state index contributed by atoms with van der Waals surface area (Å²) < 4.78 is 0. The van der Waals surface area contributed by atoms with Gasteiger partial charge in [-0.1, -0.05) is 76.6 Å². The molecule has 0 heterocycles. The molecule has 0 aliphatic heterocycles. The van der Waals surface area contributed by atoms with Gasteiger partial charge in [0.15, 0.2) is 0 Å². The summed E-state index contributed by atoms with van der Waals surface area (Å²) in [5.41, 5.74) is 14.3. The summed E-state index contributed by atoms with van der Waals surface area (Å²) in [5.74, 6) is -0.113. The topological polar surface area (TPSA) is 69.1 Å². The van der Waals surface area contributed by atoms with Crippen molar-refractivity contribution >= 4 is 5.91 Å². The molecule has 0 bridgehead atoms. The Labute approximate surface area is 148 Å². The van der Waals surface area contributed by atoms with Gasteiger partial charge in [0, 0.05) is 12.5 Å². The molecule has 0 spiro atoms. The SMILES string of the molecule is CCCCCCCc1ccc(C(N)[C@@H](CCCC)CC(N)=O)cc1. The Bertz CT molecular complexity index is 455. The van der Waals surface area contributed by atoms with Gasteiger partial charge in [-0.05, 0) is 36.3 Å². The summed E-state index contributed by atoms with van der Waals surface area (Å²) in [5, 5.41) is 0. The first-order valence-corrected chi connectivity index (χ1v) is 9.71. The van der Waals surface area contributed by atoms with E-state index in [0.29, 0.717) is 6.42 Å². The summed E-state index contributed by atoms with van der Waals surface area (Å²) in [4.78, 5) is 11.3. The highest BCUT2D eigenvalue weighted by atomic mass is 16.1. The molecule has 1 aromatic rings. The first-order valence-electron chi connectivity index (χ1n) is 9.71. The molecule has 1 rings (SSSR count). The maximum atomic E-state index is 11.3. The van der Waals surface area contributed by atoms with Crippen LogP contribution >= 0.6 is 0 Å². The van der Waals surface area contributed by atoms with Crippen LogP contribution in [0.4, 0.5) is 0 Å². The highest BCUT2D eigenvalue weighted by Crippen LogP contribution is 2.27. The second-order valence-corrected chi connectivity index (χ2v) is 7.00. The number of carbonyl (C=O) groups is 1. The van der Waals surface area contributed by atoms with E-state index in [1.54, 1.807) is 0 Å². The number of hydrogen-bond donors (Lipinski definition) is 2. The molecule has 1 amide bonds. The number of amides is 1. The van der Waals surface area contributed by atoms with Crippen LogP contribution in [0.1, 0.15) is 88.8 Å². The molecule has 0 saturated carbocycles. The minimum Gasteiger partial charge on any atom is -0.370 e. The lowest BCUT2D eigenvalue weighted by molar-refractivity contribution is -0.119. The molecule has 0 radical (unpaired) electrons. The van der Waals surface area contributed by atoms with Crippen molar-refractivity contribution in [3.05, 3.63) is 35.4 Å². The second-order valence-electron chi connectivity index (χ2n) is 7.00. The zero-order valence-electron chi connectivity index (χ0n) is 15.6. The molecule has 0 saturated heterocycles. The molecule has 3 nitrogen and oxygen atoms in total. The van der Waals surface area contributed by atoms with E-state index >= 15 is 0 Å². The Morgan fingerprint density at radius 1 is 0.958 bits per heavy atom. The van der Waals surface area contributed by atoms with E-state index in [2.05, 4.69) is 38.1 Å². The van der Waals surface area contributed by atoms with Crippen molar-refractivity contribution in [2.45, 2.75) is 84.1 Å². The molecule has 136 valence electrons. The van der Waals surface area contributed by atoms with Gasteiger partial charge in [0.1, 0.15) is 0 Å². The van der Waals surface area contributed by atoms with Crippen molar-refractivity contribution in [3.63, 3.8) is 0 Å². The van der Waals surface area contributed by atoms with Crippen LogP contribution in [0.3, 0.4) is 0 Å². The molecular weight excluding hydrogens is 296 g/mol. The minimum atomic E-state index is -0.254. The third-order valence-electron chi connectivity index (χ3n) is 4.83. The maximum Gasteiger partial charge on any atom is 0.217 e. The van der Waals surface area contributed by atoms with Crippen LogP contribution < -0.4 is 11.5 Å². The average molecular weight is 333 g/mol. The third kappa shape index (κ3) is 7.96. The van der Waals surface area contributed by atoms with Gasteiger partial charge in [0.05, 0.1) is 0 Å². The zero-order chi connectivity index (χ0) is 17.8. The van der Waals surface area contributed by atoms with Gasteiger partial charge in [-0.3, -0.25) is 4.79 Å². The van der Waals surface area contributed by atoms with Gasteiger partial charge in [0.2, 0.25) is 5.91 Å². The lowest BCUT2D eigenvalue weighted by atomic mass is 9.86. The van der Waals surface area contributed by atoms with Gasteiger partial charge in [-0.2, -0.15) is 0 Å². The summed E-state index contributed by atoms with van der Waals surface area (Å²) in [6.07, 6.45) is 11.2. The highest BCUT2D eigenvalue weighted by molar-refractivity contribution is 5.74. The summed E-state index contributed by atoms with van der Waals surface area (Å²) >= 11 is 0. The Kier molecular flexibility index (Phi) is 10.4. The molecule has 0 aliphatic rings. The van der Waals surface area contributed by atoms with E-state index in [1.165, 1.54) is 37.7 Å². The van der Waals surface area contributed by atoms with Crippen LogP contribution in [-0.2, 0) is 11.2 Å². The van der Waals surface area contributed by atoms with Crippen molar-refractivity contribution in [2.75, 3.05) is 0 Å². The number of hydrogen-bond acceptors (Lipinski definition) is 2. The molecule has 4 N–H and O–H groups in total. The van der Waals surface area contributed by atoms with Crippen LogP contribution in [0.25, 0.3) is 0 Å². The van der Waals surface area contributed by atoms with E-state index in [9.17, 15) is 4.79 Å². The van der Waals surface area contributed by atoms with Crippen LogP contribution in [0, 0.1) is 5.92 Å². The van der Waals surface area contributed by atoms with E-state index in [0.717, 1.165) is 31.2 Å². The third-order valence-corrected chi connectivity index (χ3v) is 4.83. The largest absolute Gasteiger partial charge is 0.370 e. The second kappa shape index (κ2) is 12.1. The molecule has 1 unspecified atom stereocenters. The van der Waals surface area contributed by atoms with Crippen LogP contribution in [0.15, 0.2) is 24.3 Å². The maximum absolute atomic E-state index is 11.3. The Morgan fingerprint density at radius 2 is 1.58 bits per heavy atom. The van der Waals surface area contributed by atoms with Crippen molar-refractivity contribution in [3.8, 4) is 0 Å². The molecular formula is C21H36N2O. The van der Waals surface area contributed by atoms with Crippen molar-refractivity contribution in [2.24, 2.45) is 17.4 Å². The van der Waals surface area contributed by atoms with E-state index < -0.39 is 0 Å². The molecule has 3 heteroatoms. The standard InChI is InChI=1S/C21H36N2O/c1-3-5-7-8-9-10-17-12-14-18(15-13-17)21(23)19(11-6-4-2)16-20(22)24/h12-15,19,21H,3-11,16,23H2,1-2H3,(H2,22,24)/t19-,21?/m0/s1. The molecule has 24 heavy (non-hydrogen) atoms. The minimum absolute atomic E-state index is 0.109. The quantitative estimate of drug-likeness (QED) is 0.505. The number of primary amides is 1. The van der Waals surface area contributed by atoms with Crippen molar-refractivity contribution in [1.29, 1.82) is 0 Å². The number of carbonyl (C=O) groups excluding carboxylic acids is 1. The monoisotopic (exact) mass is 332 g/mol. The Hall–Kier alpha value is -1.35. The van der Waals surface area contributed by atoms with Gasteiger partial charge in [0.25, 0.3) is 0 Å². The lowest BCUT2D eigenvalue weighted by Crippen LogP contribution is -2.26. The lowest BCUT2D eigenvalue weighted by Gasteiger charge is -2.23. The predicted octanol–water partition coefficient (Wildman–Crippen LogP) is 4.88. The molecule has 1 aromatic carbocycles. The predicted molar refractivity (Wildman–Crippen MR) is 103 cm³/mol. The fourth-order valence-electron chi connectivity index (χ4n) is 3.24. The van der Waals surface area contributed by atoms with Crippen LogP contribution in [0.5, 0.6) is 0 Å². The Morgan fingerprint density at radius 3 is 2.17 bits per heavy atom. The average Bonchev–Trinajstić information content (AvgIpc) is 2.58. The van der Waals surface area contributed by atoms with Gasteiger partial charge >= 0.3 is 0 Å². The number of benzene rings is 1. The number of nitrogens with two attached hydrogens (primary N) is 2. The van der Waals surface area contributed by atoms with Gasteiger partial charge < -0.3 is 11.5 Å². The summed E-state index contributed by atoms with van der Waals surface area (Å²) in [7, 11) is 0.